The molecular weight excluding hydrogens is 228 g/mol. The molecule has 1 aromatic carbocycles. The van der Waals surface area contributed by atoms with Crippen molar-refractivity contribution in [3.63, 3.8) is 0 Å². The van der Waals surface area contributed by atoms with E-state index in [-0.39, 0.29) is 5.41 Å². The van der Waals surface area contributed by atoms with E-state index in [1.165, 1.54) is 31.2 Å². The van der Waals surface area contributed by atoms with Crippen LogP contribution in [0.2, 0.25) is 0 Å². The second-order valence-corrected chi connectivity index (χ2v) is 5.88. The van der Waals surface area contributed by atoms with Crippen molar-refractivity contribution in [3.05, 3.63) is 34.9 Å². The molecule has 92 valence electrons. The van der Waals surface area contributed by atoms with Crippen molar-refractivity contribution in [1.29, 1.82) is 0 Å². The first-order valence-corrected chi connectivity index (χ1v) is 7.28. The van der Waals surface area contributed by atoms with Crippen LogP contribution >= 0.6 is 12.6 Å². The fourth-order valence-corrected chi connectivity index (χ4v) is 3.51. The Labute approximate surface area is 109 Å². The molecule has 0 N–H and O–H groups in total. The maximum absolute atomic E-state index is 5.46. The van der Waals surface area contributed by atoms with E-state index >= 15 is 0 Å². The van der Waals surface area contributed by atoms with Gasteiger partial charge >= 0.3 is 0 Å². The highest BCUT2D eigenvalue weighted by Crippen LogP contribution is 2.37. The molecular formula is C15H20OS. The average molecular weight is 248 g/mol. The van der Waals surface area contributed by atoms with Crippen molar-refractivity contribution >= 4 is 12.6 Å². The van der Waals surface area contributed by atoms with Gasteiger partial charge < -0.3 is 4.74 Å². The van der Waals surface area contributed by atoms with Gasteiger partial charge in [-0.25, -0.2) is 0 Å². The van der Waals surface area contributed by atoms with E-state index in [4.69, 9.17) is 4.74 Å². The molecule has 0 bridgehead atoms. The first-order valence-electron chi connectivity index (χ1n) is 6.65. The zero-order valence-corrected chi connectivity index (χ0v) is 11.1. The molecule has 1 aliphatic heterocycles. The first kappa shape index (κ1) is 11.6. The quantitative estimate of drug-likeness (QED) is 0.809. The Bertz CT molecular complexity index is 409. The summed E-state index contributed by atoms with van der Waals surface area (Å²) in [6.07, 6.45) is 6.38. The van der Waals surface area contributed by atoms with E-state index in [0.29, 0.717) is 0 Å². The predicted octanol–water partition coefficient (Wildman–Crippen LogP) is 3.15. The first-order chi connectivity index (χ1) is 8.34. The molecule has 0 atom stereocenters. The van der Waals surface area contributed by atoms with Crippen molar-refractivity contribution < 1.29 is 4.74 Å². The van der Waals surface area contributed by atoms with Crippen molar-refractivity contribution in [2.75, 3.05) is 19.0 Å². The van der Waals surface area contributed by atoms with E-state index in [1.54, 1.807) is 11.1 Å². The fourth-order valence-electron chi connectivity index (χ4n) is 3.08. The number of ether oxygens (including phenoxy) is 1. The zero-order valence-electron chi connectivity index (χ0n) is 10.2. The molecule has 17 heavy (non-hydrogen) atoms. The molecule has 3 rings (SSSR count). The molecule has 2 heteroatoms. The Kier molecular flexibility index (Phi) is 3.18. The highest BCUT2D eigenvalue weighted by Gasteiger charge is 2.39. The molecule has 1 fully saturated rings. The lowest BCUT2D eigenvalue weighted by atomic mass is 9.74. The van der Waals surface area contributed by atoms with Gasteiger partial charge in [0.25, 0.3) is 0 Å². The van der Waals surface area contributed by atoms with Gasteiger partial charge in [0.05, 0.1) is 13.2 Å². The molecule has 2 aliphatic rings. The van der Waals surface area contributed by atoms with Crippen molar-refractivity contribution in [3.8, 4) is 0 Å². The summed E-state index contributed by atoms with van der Waals surface area (Å²) in [5, 5.41) is 0. The van der Waals surface area contributed by atoms with Crippen LogP contribution in [0.1, 0.15) is 36.0 Å². The Morgan fingerprint density at radius 1 is 1.12 bits per heavy atom. The molecule has 1 aromatic rings. The third-order valence-corrected chi connectivity index (χ3v) is 4.53. The average Bonchev–Trinajstić information content (AvgIpc) is 2.33. The van der Waals surface area contributed by atoms with Gasteiger partial charge in [-0.2, -0.15) is 12.6 Å². The van der Waals surface area contributed by atoms with Crippen LogP contribution in [0.15, 0.2) is 18.2 Å². The second-order valence-electron chi connectivity index (χ2n) is 5.44. The van der Waals surface area contributed by atoms with Crippen LogP contribution in [0.5, 0.6) is 0 Å². The minimum absolute atomic E-state index is 0.272. The normalized spacial score (nSPS) is 21.7. The lowest BCUT2D eigenvalue weighted by Crippen LogP contribution is -2.47. The van der Waals surface area contributed by atoms with Crippen LogP contribution in [0.4, 0.5) is 0 Å². The van der Waals surface area contributed by atoms with Gasteiger partial charge in [0, 0.05) is 5.41 Å². The predicted molar refractivity (Wildman–Crippen MR) is 74.1 cm³/mol. The third kappa shape index (κ3) is 2.02. The molecule has 0 amide bonds. The van der Waals surface area contributed by atoms with Gasteiger partial charge in [-0.05, 0) is 54.5 Å². The fraction of sp³-hybridized carbons (Fsp3) is 0.600. The van der Waals surface area contributed by atoms with Crippen molar-refractivity contribution in [1.82, 2.24) is 0 Å². The third-order valence-electron chi connectivity index (χ3n) is 4.31. The topological polar surface area (TPSA) is 9.23 Å². The number of aryl methyl sites for hydroxylation is 2. The van der Waals surface area contributed by atoms with Crippen LogP contribution in [-0.4, -0.2) is 19.0 Å². The minimum atomic E-state index is 0.272. The van der Waals surface area contributed by atoms with Gasteiger partial charge in [-0.15, -0.1) is 0 Å². The number of rotatable bonds is 3. The lowest BCUT2D eigenvalue weighted by Gasteiger charge is -2.42. The van der Waals surface area contributed by atoms with Gasteiger partial charge in [0.2, 0.25) is 0 Å². The Morgan fingerprint density at radius 2 is 1.88 bits per heavy atom. The second kappa shape index (κ2) is 4.66. The largest absolute Gasteiger partial charge is 0.379 e. The summed E-state index contributed by atoms with van der Waals surface area (Å²) in [6.45, 7) is 1.76. The molecule has 1 aliphatic carbocycles. The zero-order chi connectivity index (χ0) is 11.7. The van der Waals surface area contributed by atoms with Gasteiger partial charge in [0.1, 0.15) is 0 Å². The molecule has 0 aromatic heterocycles. The van der Waals surface area contributed by atoms with Crippen LogP contribution < -0.4 is 0 Å². The molecule has 0 spiro atoms. The smallest absolute Gasteiger partial charge is 0.0585 e. The SMILES string of the molecule is SCCC1(c2ccc3c(c2)CCCC3)COC1. The Balaban J connectivity index is 1.92. The monoisotopic (exact) mass is 248 g/mol. The number of hydrogen-bond acceptors (Lipinski definition) is 2. The van der Waals surface area contributed by atoms with Gasteiger partial charge in [-0.3, -0.25) is 0 Å². The Hall–Kier alpha value is -0.470. The number of hydrogen-bond donors (Lipinski definition) is 1. The summed E-state index contributed by atoms with van der Waals surface area (Å²) in [4.78, 5) is 0. The number of fused-ring (bicyclic) bond motifs is 1. The lowest BCUT2D eigenvalue weighted by molar-refractivity contribution is -0.0614. The van der Waals surface area contributed by atoms with E-state index < -0.39 is 0 Å². The molecule has 0 saturated carbocycles. The van der Waals surface area contributed by atoms with Crippen LogP contribution in [0, 0.1) is 0 Å². The van der Waals surface area contributed by atoms with Crippen LogP contribution in [0.3, 0.4) is 0 Å². The summed E-state index contributed by atoms with van der Waals surface area (Å²) in [5.41, 5.74) is 4.91. The number of thiol groups is 1. The summed E-state index contributed by atoms with van der Waals surface area (Å²) >= 11 is 4.40. The molecule has 1 nitrogen and oxygen atoms in total. The molecule has 0 radical (unpaired) electrons. The maximum Gasteiger partial charge on any atom is 0.0585 e. The molecule has 1 heterocycles. The van der Waals surface area contributed by atoms with Crippen molar-refractivity contribution in [2.24, 2.45) is 0 Å². The van der Waals surface area contributed by atoms with E-state index in [1.807, 2.05) is 0 Å². The summed E-state index contributed by atoms with van der Waals surface area (Å²) in [5.74, 6) is 0.945. The molecule has 1 saturated heterocycles. The standard InChI is InChI=1S/C15H20OS/c17-8-7-15(10-16-11-15)14-6-5-12-3-1-2-4-13(12)9-14/h5-6,9,17H,1-4,7-8,10-11H2. The van der Waals surface area contributed by atoms with Crippen molar-refractivity contribution in [2.45, 2.75) is 37.5 Å². The highest BCUT2D eigenvalue weighted by atomic mass is 32.1. The van der Waals surface area contributed by atoms with Gasteiger partial charge in [0.15, 0.2) is 0 Å². The van der Waals surface area contributed by atoms with Gasteiger partial charge in [-0.1, -0.05) is 18.2 Å². The summed E-state index contributed by atoms with van der Waals surface area (Å²) < 4.78 is 5.46. The number of benzene rings is 1. The van der Waals surface area contributed by atoms with E-state index in [0.717, 1.165) is 25.4 Å². The van der Waals surface area contributed by atoms with Crippen LogP contribution in [0.25, 0.3) is 0 Å². The summed E-state index contributed by atoms with van der Waals surface area (Å²) in [6, 6.07) is 7.12. The maximum atomic E-state index is 5.46. The molecule has 0 unspecified atom stereocenters. The van der Waals surface area contributed by atoms with E-state index in [9.17, 15) is 0 Å². The van der Waals surface area contributed by atoms with Crippen LogP contribution in [-0.2, 0) is 23.0 Å². The van der Waals surface area contributed by atoms with E-state index in [2.05, 4.69) is 30.8 Å². The summed E-state index contributed by atoms with van der Waals surface area (Å²) in [7, 11) is 0. The minimum Gasteiger partial charge on any atom is -0.379 e. The highest BCUT2D eigenvalue weighted by molar-refractivity contribution is 7.80. The Morgan fingerprint density at radius 3 is 2.53 bits per heavy atom.